The minimum Gasteiger partial charge on any atom is -1.00 e. The second-order valence-electron chi connectivity index (χ2n) is 4.74. The molecule has 0 spiro atoms. The van der Waals surface area contributed by atoms with E-state index in [0.717, 1.165) is 0 Å². The van der Waals surface area contributed by atoms with E-state index in [0.29, 0.717) is 0 Å². The van der Waals surface area contributed by atoms with E-state index in [4.69, 9.17) is 0 Å². The lowest BCUT2D eigenvalue weighted by atomic mass is 10.1. The number of rotatable bonds is 8. The third-order valence-corrected chi connectivity index (χ3v) is 3.03. The van der Waals surface area contributed by atoms with E-state index >= 15 is 0 Å². The molecular weight excluding hydrogens is 230 g/mol. The van der Waals surface area contributed by atoms with Gasteiger partial charge < -0.3 is 12.4 Å². The van der Waals surface area contributed by atoms with E-state index in [-0.39, 0.29) is 12.4 Å². The molecule has 2 heteroatoms. The first kappa shape index (κ1) is 16.4. The summed E-state index contributed by atoms with van der Waals surface area (Å²) >= 11 is 0. The van der Waals surface area contributed by atoms with E-state index in [1.807, 2.05) is 0 Å². The van der Waals surface area contributed by atoms with Crippen LogP contribution in [0.15, 0.2) is 24.5 Å². The Kier molecular flexibility index (Phi) is 10.2. The van der Waals surface area contributed by atoms with Crippen molar-refractivity contribution in [2.24, 2.45) is 0 Å². The molecule has 0 bridgehead atoms. The van der Waals surface area contributed by atoms with Crippen LogP contribution in [0.2, 0.25) is 0 Å². The Hall–Kier alpha value is -0.560. The number of hydrogen-bond donors (Lipinski definition) is 0. The second kappa shape index (κ2) is 10.6. The Labute approximate surface area is 113 Å². The third kappa shape index (κ3) is 8.20. The molecule has 1 heterocycles. The van der Waals surface area contributed by atoms with Crippen LogP contribution in [0.4, 0.5) is 0 Å². The summed E-state index contributed by atoms with van der Waals surface area (Å²) in [6, 6.07) is 4.29. The monoisotopic (exact) mass is 255 g/mol. The van der Waals surface area contributed by atoms with Gasteiger partial charge >= 0.3 is 0 Å². The highest BCUT2D eigenvalue weighted by Gasteiger charge is 1.99. The van der Waals surface area contributed by atoms with Gasteiger partial charge in [-0.2, -0.15) is 0 Å². The molecule has 1 rings (SSSR count). The Balaban J connectivity index is 0.00000256. The third-order valence-electron chi connectivity index (χ3n) is 3.03. The Bertz CT molecular complexity index is 286. The predicted octanol–water partition coefficient (Wildman–Crippen LogP) is 1.04. The fourth-order valence-corrected chi connectivity index (χ4v) is 2.04. The maximum Gasteiger partial charge on any atom is 0.171 e. The van der Waals surface area contributed by atoms with E-state index in [2.05, 4.69) is 42.9 Å². The van der Waals surface area contributed by atoms with Gasteiger partial charge in [0, 0.05) is 18.1 Å². The van der Waals surface area contributed by atoms with Crippen molar-refractivity contribution >= 4 is 0 Å². The zero-order chi connectivity index (χ0) is 11.6. The molecule has 0 amide bonds. The highest BCUT2D eigenvalue weighted by molar-refractivity contribution is 5.01. The molecule has 1 nitrogen and oxygen atoms in total. The summed E-state index contributed by atoms with van der Waals surface area (Å²) in [5.74, 6) is 0. The highest BCUT2D eigenvalue weighted by Crippen LogP contribution is 2.06. The van der Waals surface area contributed by atoms with Gasteiger partial charge in [-0.25, -0.2) is 4.57 Å². The van der Waals surface area contributed by atoms with Crippen LogP contribution in [0.5, 0.6) is 0 Å². The topological polar surface area (TPSA) is 3.88 Å². The largest absolute Gasteiger partial charge is 1.00 e. The van der Waals surface area contributed by atoms with Crippen LogP contribution in [0.1, 0.15) is 57.4 Å². The molecule has 17 heavy (non-hydrogen) atoms. The number of halogens is 1. The van der Waals surface area contributed by atoms with Gasteiger partial charge in [-0.05, 0) is 19.4 Å². The van der Waals surface area contributed by atoms with Gasteiger partial charge in [0.05, 0.1) is 0 Å². The summed E-state index contributed by atoms with van der Waals surface area (Å²) < 4.78 is 2.31. The zero-order valence-corrected chi connectivity index (χ0v) is 12.0. The van der Waals surface area contributed by atoms with Gasteiger partial charge in [-0.3, -0.25) is 0 Å². The van der Waals surface area contributed by atoms with Gasteiger partial charge in [-0.15, -0.1) is 0 Å². The maximum absolute atomic E-state index is 2.31. The van der Waals surface area contributed by atoms with E-state index in [1.165, 1.54) is 57.1 Å². The van der Waals surface area contributed by atoms with Crippen molar-refractivity contribution in [3.8, 4) is 0 Å². The van der Waals surface area contributed by atoms with Crippen molar-refractivity contribution < 1.29 is 17.0 Å². The molecule has 0 radical (unpaired) electrons. The van der Waals surface area contributed by atoms with Crippen molar-refractivity contribution in [2.75, 3.05) is 0 Å². The van der Waals surface area contributed by atoms with Crippen LogP contribution in [0, 0.1) is 6.92 Å². The molecule has 0 unspecified atom stereocenters. The number of aryl methyl sites for hydroxylation is 2. The van der Waals surface area contributed by atoms with Gasteiger partial charge in [0.25, 0.3) is 0 Å². The summed E-state index contributed by atoms with van der Waals surface area (Å²) in [5.41, 5.74) is 1.35. The standard InChI is InChI=1S/C15H26N.ClH/c1-3-4-5-6-7-8-9-12-16-13-10-11-15(2)14-16;/h10-11,13-14H,3-9,12H2,1-2H3;1H/q+1;/p-1. The Morgan fingerprint density at radius 2 is 1.65 bits per heavy atom. The van der Waals surface area contributed by atoms with E-state index in [1.54, 1.807) is 0 Å². The van der Waals surface area contributed by atoms with Gasteiger partial charge in [0.15, 0.2) is 12.4 Å². The number of aromatic nitrogens is 1. The molecule has 0 atom stereocenters. The predicted molar refractivity (Wildman–Crippen MR) is 69.4 cm³/mol. The summed E-state index contributed by atoms with van der Waals surface area (Å²) in [6.07, 6.45) is 14.1. The minimum absolute atomic E-state index is 0. The van der Waals surface area contributed by atoms with Crippen LogP contribution in [-0.4, -0.2) is 0 Å². The van der Waals surface area contributed by atoms with Crippen LogP contribution >= 0.6 is 0 Å². The first-order valence-electron chi connectivity index (χ1n) is 6.78. The molecule has 0 saturated carbocycles. The minimum atomic E-state index is 0. The van der Waals surface area contributed by atoms with Crippen LogP contribution in [0.25, 0.3) is 0 Å². The van der Waals surface area contributed by atoms with Crippen molar-refractivity contribution in [3.63, 3.8) is 0 Å². The van der Waals surface area contributed by atoms with Gasteiger partial charge in [-0.1, -0.05) is 39.0 Å². The van der Waals surface area contributed by atoms with Crippen LogP contribution in [0.3, 0.4) is 0 Å². The van der Waals surface area contributed by atoms with Gasteiger partial charge in [0.1, 0.15) is 6.54 Å². The maximum atomic E-state index is 2.31. The van der Waals surface area contributed by atoms with Gasteiger partial charge in [0.2, 0.25) is 0 Å². The van der Waals surface area contributed by atoms with E-state index < -0.39 is 0 Å². The second-order valence-corrected chi connectivity index (χ2v) is 4.74. The lowest BCUT2D eigenvalue weighted by Gasteiger charge is -2.00. The number of nitrogens with zero attached hydrogens (tertiary/aromatic N) is 1. The molecule has 0 saturated heterocycles. The lowest BCUT2D eigenvalue weighted by molar-refractivity contribution is -0.697. The zero-order valence-electron chi connectivity index (χ0n) is 11.3. The number of hydrogen-bond acceptors (Lipinski definition) is 0. The van der Waals surface area contributed by atoms with Crippen molar-refractivity contribution in [3.05, 3.63) is 30.1 Å². The molecule has 0 aromatic carbocycles. The van der Waals surface area contributed by atoms with Crippen LogP contribution < -0.4 is 17.0 Å². The SMILES string of the molecule is CCCCCCCCC[n+]1cccc(C)c1.[Cl-]. The highest BCUT2D eigenvalue weighted by atomic mass is 35.5. The Morgan fingerprint density at radius 3 is 2.29 bits per heavy atom. The van der Waals surface area contributed by atoms with Crippen molar-refractivity contribution in [1.82, 2.24) is 0 Å². The lowest BCUT2D eigenvalue weighted by Crippen LogP contribution is -3.00. The van der Waals surface area contributed by atoms with Crippen LogP contribution in [-0.2, 0) is 6.54 Å². The van der Waals surface area contributed by atoms with Crippen molar-refractivity contribution in [1.29, 1.82) is 0 Å². The molecule has 0 N–H and O–H groups in total. The van der Waals surface area contributed by atoms with Crippen molar-refractivity contribution in [2.45, 2.75) is 65.3 Å². The Morgan fingerprint density at radius 1 is 1.00 bits per heavy atom. The fraction of sp³-hybridized carbons (Fsp3) is 0.667. The first-order valence-corrected chi connectivity index (χ1v) is 6.78. The first-order chi connectivity index (χ1) is 7.83. The number of unbranched alkanes of at least 4 members (excludes halogenated alkanes) is 6. The molecule has 98 valence electrons. The fourth-order valence-electron chi connectivity index (χ4n) is 2.04. The molecule has 1 aromatic heterocycles. The summed E-state index contributed by atoms with van der Waals surface area (Å²) in [4.78, 5) is 0. The summed E-state index contributed by atoms with van der Waals surface area (Å²) in [6.45, 7) is 5.60. The molecule has 0 fully saturated rings. The number of pyridine rings is 1. The molecular formula is C15H26ClN. The molecule has 0 aliphatic rings. The summed E-state index contributed by atoms with van der Waals surface area (Å²) in [7, 11) is 0. The molecule has 0 aliphatic heterocycles. The average Bonchev–Trinajstić information content (AvgIpc) is 2.28. The van der Waals surface area contributed by atoms with E-state index in [9.17, 15) is 0 Å². The normalized spacial score (nSPS) is 10.0. The smallest absolute Gasteiger partial charge is 0.171 e. The quantitative estimate of drug-likeness (QED) is 0.483. The molecule has 1 aromatic rings. The molecule has 0 aliphatic carbocycles. The summed E-state index contributed by atoms with van der Waals surface area (Å²) in [5, 5.41) is 0. The average molecular weight is 256 g/mol.